The molecule has 1 aromatic heterocycles. The van der Waals surface area contributed by atoms with Gasteiger partial charge in [0.15, 0.2) is 23.3 Å². The van der Waals surface area contributed by atoms with Gasteiger partial charge in [0.05, 0.1) is 6.54 Å². The van der Waals surface area contributed by atoms with Gasteiger partial charge in [-0.2, -0.15) is 0 Å². The first-order valence-electron chi connectivity index (χ1n) is 8.89. The molecule has 0 spiro atoms. The average Bonchev–Trinajstić information content (AvgIpc) is 3.37. The van der Waals surface area contributed by atoms with Crippen LogP contribution in [0.3, 0.4) is 0 Å². The molecule has 6 nitrogen and oxygen atoms in total. The molecule has 0 unspecified atom stereocenters. The number of fused-ring (bicyclic) bond motifs is 1. The van der Waals surface area contributed by atoms with Crippen LogP contribution in [-0.4, -0.2) is 41.8 Å². The zero-order valence-electron chi connectivity index (χ0n) is 14.3. The van der Waals surface area contributed by atoms with Crippen LogP contribution in [0.4, 0.5) is 0 Å². The van der Waals surface area contributed by atoms with Gasteiger partial charge in [-0.15, -0.1) is 0 Å². The summed E-state index contributed by atoms with van der Waals surface area (Å²) in [4.78, 5) is 14.6. The lowest BCUT2D eigenvalue weighted by molar-refractivity contribution is 0.0456. The molecule has 1 amide bonds. The van der Waals surface area contributed by atoms with E-state index in [2.05, 4.69) is 5.16 Å². The molecule has 2 aromatic rings. The van der Waals surface area contributed by atoms with Gasteiger partial charge in [0.1, 0.15) is 12.4 Å². The summed E-state index contributed by atoms with van der Waals surface area (Å²) in [7, 11) is 0. The highest BCUT2D eigenvalue weighted by molar-refractivity contribution is 5.92. The Morgan fingerprint density at radius 3 is 2.84 bits per heavy atom. The monoisotopic (exact) mass is 342 g/mol. The molecule has 0 N–H and O–H groups in total. The second-order valence-electron chi connectivity index (χ2n) is 6.64. The van der Waals surface area contributed by atoms with Crippen molar-refractivity contribution in [1.29, 1.82) is 0 Å². The maximum absolute atomic E-state index is 12.8. The van der Waals surface area contributed by atoms with E-state index in [0.717, 1.165) is 36.5 Å². The van der Waals surface area contributed by atoms with Crippen LogP contribution in [-0.2, 0) is 0 Å². The van der Waals surface area contributed by atoms with Crippen LogP contribution in [0.25, 0.3) is 0 Å². The molecule has 1 saturated carbocycles. The predicted molar refractivity (Wildman–Crippen MR) is 91.0 cm³/mol. The second-order valence-corrected chi connectivity index (χ2v) is 6.64. The molecule has 6 heteroatoms. The number of ether oxygens (including phenoxy) is 2. The molecule has 132 valence electrons. The lowest BCUT2D eigenvalue weighted by atomic mass is 10.2. The van der Waals surface area contributed by atoms with Crippen LogP contribution in [0.1, 0.15) is 48.4 Å². The summed E-state index contributed by atoms with van der Waals surface area (Å²) in [5.41, 5.74) is 0.382. The van der Waals surface area contributed by atoms with Crippen LogP contribution in [0, 0.1) is 0 Å². The van der Waals surface area contributed by atoms with Gasteiger partial charge in [-0.05, 0) is 31.4 Å². The van der Waals surface area contributed by atoms with Gasteiger partial charge in [0.2, 0.25) is 0 Å². The highest BCUT2D eigenvalue weighted by Crippen LogP contribution is 2.40. The van der Waals surface area contributed by atoms with Gasteiger partial charge in [-0.3, -0.25) is 4.79 Å². The molecular weight excluding hydrogens is 320 g/mol. The van der Waals surface area contributed by atoms with Crippen molar-refractivity contribution in [2.24, 2.45) is 0 Å². The fraction of sp³-hybridized carbons (Fsp3) is 0.474. The van der Waals surface area contributed by atoms with Crippen molar-refractivity contribution >= 4 is 5.91 Å². The van der Waals surface area contributed by atoms with Gasteiger partial charge in [0, 0.05) is 18.5 Å². The Bertz CT molecular complexity index is 753. The Kier molecular flexibility index (Phi) is 4.34. The van der Waals surface area contributed by atoms with E-state index in [9.17, 15) is 4.79 Å². The van der Waals surface area contributed by atoms with E-state index in [1.807, 2.05) is 31.2 Å². The Morgan fingerprint density at radius 1 is 1.28 bits per heavy atom. The highest BCUT2D eigenvalue weighted by Gasteiger charge is 2.31. The topological polar surface area (TPSA) is 64.8 Å². The van der Waals surface area contributed by atoms with Crippen LogP contribution >= 0.6 is 0 Å². The van der Waals surface area contributed by atoms with Crippen molar-refractivity contribution in [3.8, 4) is 11.5 Å². The van der Waals surface area contributed by atoms with E-state index in [1.165, 1.54) is 0 Å². The number of nitrogens with zero attached hydrogens (tertiary/aromatic N) is 2. The van der Waals surface area contributed by atoms with Crippen LogP contribution in [0.15, 0.2) is 34.9 Å². The van der Waals surface area contributed by atoms with E-state index in [4.69, 9.17) is 14.0 Å². The molecule has 1 aliphatic carbocycles. The Balaban J connectivity index is 1.44. The minimum absolute atomic E-state index is 0.111. The van der Waals surface area contributed by atoms with Gasteiger partial charge >= 0.3 is 0 Å². The second kappa shape index (κ2) is 6.78. The van der Waals surface area contributed by atoms with Crippen molar-refractivity contribution in [3.63, 3.8) is 0 Å². The molecule has 0 radical (unpaired) electrons. The molecule has 4 rings (SSSR count). The van der Waals surface area contributed by atoms with Gasteiger partial charge in [0.25, 0.3) is 5.91 Å². The summed E-state index contributed by atoms with van der Waals surface area (Å²) in [5.74, 6) is 2.63. The SMILES string of the molecule is CCCN(C[C@H]1COc2ccccc2O1)C(=O)c1cc(C2CC2)on1. The van der Waals surface area contributed by atoms with Crippen molar-refractivity contribution in [3.05, 3.63) is 41.8 Å². The molecule has 1 fully saturated rings. The number of para-hydroxylation sites is 2. The maximum atomic E-state index is 12.8. The Labute approximate surface area is 146 Å². The normalized spacial score (nSPS) is 18.8. The number of hydrogen-bond acceptors (Lipinski definition) is 5. The van der Waals surface area contributed by atoms with Crippen molar-refractivity contribution in [2.45, 2.75) is 38.2 Å². The fourth-order valence-corrected chi connectivity index (χ4v) is 3.06. The highest BCUT2D eigenvalue weighted by atomic mass is 16.6. The van der Waals surface area contributed by atoms with Crippen LogP contribution in [0.5, 0.6) is 11.5 Å². The third-order valence-electron chi connectivity index (χ3n) is 4.50. The number of carbonyl (C=O) groups is 1. The summed E-state index contributed by atoms with van der Waals surface area (Å²) in [6.07, 6.45) is 2.91. The van der Waals surface area contributed by atoms with Gasteiger partial charge < -0.3 is 18.9 Å². The van der Waals surface area contributed by atoms with Gasteiger partial charge in [-0.1, -0.05) is 24.2 Å². The third kappa shape index (κ3) is 3.48. The average molecular weight is 342 g/mol. The number of benzene rings is 1. The predicted octanol–water partition coefficient (Wildman–Crippen LogP) is 3.24. The number of hydrogen-bond donors (Lipinski definition) is 0. The largest absolute Gasteiger partial charge is 0.486 e. The quantitative estimate of drug-likeness (QED) is 0.806. The number of aromatic nitrogens is 1. The Morgan fingerprint density at radius 2 is 2.08 bits per heavy atom. The summed E-state index contributed by atoms with van der Waals surface area (Å²) in [6.45, 7) is 3.58. The van der Waals surface area contributed by atoms with Crippen LogP contribution < -0.4 is 9.47 Å². The summed E-state index contributed by atoms with van der Waals surface area (Å²) >= 11 is 0. The van der Waals surface area contributed by atoms with Crippen LogP contribution in [0.2, 0.25) is 0 Å². The van der Waals surface area contributed by atoms with E-state index in [-0.39, 0.29) is 12.0 Å². The molecule has 1 aliphatic heterocycles. The van der Waals surface area contributed by atoms with E-state index >= 15 is 0 Å². The molecule has 0 saturated heterocycles. The number of amides is 1. The van der Waals surface area contributed by atoms with Crippen molar-refractivity contribution in [2.75, 3.05) is 19.7 Å². The van der Waals surface area contributed by atoms with Gasteiger partial charge in [-0.25, -0.2) is 0 Å². The van der Waals surface area contributed by atoms with E-state index in [1.54, 1.807) is 11.0 Å². The smallest absolute Gasteiger partial charge is 0.276 e. The number of carbonyl (C=O) groups excluding carboxylic acids is 1. The lowest BCUT2D eigenvalue weighted by Crippen LogP contribution is -2.44. The third-order valence-corrected chi connectivity index (χ3v) is 4.50. The zero-order valence-corrected chi connectivity index (χ0v) is 14.3. The van der Waals surface area contributed by atoms with E-state index < -0.39 is 0 Å². The molecule has 1 atom stereocenters. The summed E-state index contributed by atoms with van der Waals surface area (Å²) in [6, 6.07) is 9.38. The molecule has 0 bridgehead atoms. The first-order chi connectivity index (χ1) is 12.2. The first kappa shape index (κ1) is 16.0. The molecule has 2 aliphatic rings. The molecule has 2 heterocycles. The Hall–Kier alpha value is -2.50. The molecule has 1 aromatic carbocycles. The fourth-order valence-electron chi connectivity index (χ4n) is 3.06. The minimum atomic E-state index is -0.194. The maximum Gasteiger partial charge on any atom is 0.276 e. The zero-order chi connectivity index (χ0) is 17.2. The first-order valence-corrected chi connectivity index (χ1v) is 8.89. The summed E-state index contributed by atoms with van der Waals surface area (Å²) in [5, 5.41) is 3.97. The van der Waals surface area contributed by atoms with E-state index in [0.29, 0.717) is 31.3 Å². The molecule has 25 heavy (non-hydrogen) atoms. The standard InChI is InChI=1S/C19H22N2O4/c1-2-9-21(19(22)15-10-18(25-20-15)13-7-8-13)11-14-12-23-16-5-3-4-6-17(16)24-14/h3-6,10,13-14H,2,7-9,11-12H2,1H3/t14-/m0/s1. The minimum Gasteiger partial charge on any atom is -0.486 e. The van der Waals surface area contributed by atoms with Crippen molar-refractivity contribution < 1.29 is 18.8 Å². The summed E-state index contributed by atoms with van der Waals surface area (Å²) < 4.78 is 17.1. The molecular formula is C19H22N2O4. The van der Waals surface area contributed by atoms with Crippen molar-refractivity contribution in [1.82, 2.24) is 10.1 Å². The lowest BCUT2D eigenvalue weighted by Gasteiger charge is -2.31. The number of rotatable bonds is 6.